The molecule has 0 aromatic carbocycles. The lowest BCUT2D eigenvalue weighted by molar-refractivity contribution is -0.137. The van der Waals surface area contributed by atoms with Gasteiger partial charge in [-0.05, 0) is 37.3 Å². The van der Waals surface area contributed by atoms with Crippen molar-refractivity contribution in [3.8, 4) is 0 Å². The number of carbonyl (C=O) groups is 2. The van der Waals surface area contributed by atoms with E-state index in [2.05, 4.69) is 20.5 Å². The van der Waals surface area contributed by atoms with Crippen molar-refractivity contribution in [2.75, 3.05) is 19.6 Å². The number of likely N-dealkylation sites (tertiary alicyclic amines) is 1. The van der Waals surface area contributed by atoms with Gasteiger partial charge in [0.25, 0.3) is 5.91 Å². The van der Waals surface area contributed by atoms with Crippen LogP contribution in [-0.4, -0.2) is 53.4 Å². The third kappa shape index (κ3) is 4.23. The van der Waals surface area contributed by atoms with E-state index in [0.29, 0.717) is 19.6 Å². The summed E-state index contributed by atoms with van der Waals surface area (Å²) < 4.78 is 38.3. The van der Waals surface area contributed by atoms with Crippen LogP contribution in [0.15, 0.2) is 18.3 Å². The zero-order chi connectivity index (χ0) is 19.8. The summed E-state index contributed by atoms with van der Waals surface area (Å²) in [6, 6.07) is 1.30. The molecule has 1 saturated heterocycles. The van der Waals surface area contributed by atoms with Gasteiger partial charge < -0.3 is 10.6 Å². The van der Waals surface area contributed by atoms with Crippen molar-refractivity contribution in [1.82, 2.24) is 20.5 Å². The van der Waals surface area contributed by atoms with Gasteiger partial charge in [0.15, 0.2) is 0 Å². The average Bonchev–Trinajstić information content (AvgIpc) is 3.06. The molecule has 4 atom stereocenters. The number of halogens is 3. The predicted molar refractivity (Wildman–Crippen MR) is 91.8 cm³/mol. The van der Waals surface area contributed by atoms with E-state index < -0.39 is 17.6 Å². The maximum Gasteiger partial charge on any atom is 0.416 e. The van der Waals surface area contributed by atoms with Crippen molar-refractivity contribution in [1.29, 1.82) is 0 Å². The summed E-state index contributed by atoms with van der Waals surface area (Å²) >= 11 is 0. The quantitative estimate of drug-likeness (QED) is 0.783. The van der Waals surface area contributed by atoms with E-state index in [1.807, 2.05) is 13.8 Å². The molecule has 3 rings (SSSR count). The van der Waals surface area contributed by atoms with Crippen LogP contribution in [-0.2, 0) is 11.0 Å². The van der Waals surface area contributed by atoms with Gasteiger partial charge in [0.05, 0.1) is 11.6 Å². The summed E-state index contributed by atoms with van der Waals surface area (Å²) in [6.45, 7) is 5.86. The maximum absolute atomic E-state index is 12.8. The number of piperidine rings is 1. The highest BCUT2D eigenvalue weighted by atomic mass is 19.4. The van der Waals surface area contributed by atoms with Crippen molar-refractivity contribution >= 4 is 11.8 Å². The normalized spacial score (nSPS) is 25.6. The molecule has 1 aliphatic heterocycles. The van der Waals surface area contributed by atoms with Gasteiger partial charge in [0.2, 0.25) is 5.91 Å². The summed E-state index contributed by atoms with van der Waals surface area (Å²) in [5.41, 5.74) is -1.13. The fourth-order valence-electron chi connectivity index (χ4n) is 3.61. The fraction of sp³-hybridized carbons (Fsp3) is 0.611. The Balaban J connectivity index is 1.52. The van der Waals surface area contributed by atoms with Gasteiger partial charge in [-0.2, -0.15) is 13.2 Å². The largest absolute Gasteiger partial charge is 0.416 e. The second-order valence-electron chi connectivity index (χ2n) is 7.18. The Morgan fingerprint density at radius 2 is 2.00 bits per heavy atom. The molecule has 148 valence electrons. The van der Waals surface area contributed by atoms with Crippen LogP contribution in [0.4, 0.5) is 13.2 Å². The molecule has 2 N–H and O–H groups in total. The molecule has 2 unspecified atom stereocenters. The minimum absolute atomic E-state index is 0.00750. The molecule has 0 spiro atoms. The molecule has 27 heavy (non-hydrogen) atoms. The van der Waals surface area contributed by atoms with Gasteiger partial charge in [0.1, 0.15) is 5.69 Å². The number of hydrogen-bond donors (Lipinski definition) is 2. The highest BCUT2D eigenvalue weighted by Gasteiger charge is 2.57. The minimum atomic E-state index is -4.51. The highest BCUT2D eigenvalue weighted by molar-refractivity contribution is 5.93. The van der Waals surface area contributed by atoms with Gasteiger partial charge in [-0.3, -0.25) is 19.5 Å². The van der Waals surface area contributed by atoms with Crippen LogP contribution in [0.25, 0.3) is 0 Å². The number of rotatable bonds is 6. The van der Waals surface area contributed by atoms with Crippen LogP contribution in [0.2, 0.25) is 0 Å². The molecule has 1 aromatic heterocycles. The monoisotopic (exact) mass is 384 g/mol. The molecule has 1 saturated carbocycles. The first kappa shape index (κ1) is 19.6. The second kappa shape index (κ2) is 7.46. The number of fused-ring (bicyclic) bond motifs is 1. The first-order valence-corrected chi connectivity index (χ1v) is 9.08. The summed E-state index contributed by atoms with van der Waals surface area (Å²) in [7, 11) is 0. The van der Waals surface area contributed by atoms with Gasteiger partial charge in [-0.15, -0.1) is 0 Å². The first-order chi connectivity index (χ1) is 12.7. The molecule has 2 heterocycles. The van der Waals surface area contributed by atoms with E-state index in [1.165, 1.54) is 0 Å². The SMILES string of the molecule is CCCNC(=O)C(C)N1C[C@@H]2C(NC(=O)c3cc(C(F)(F)F)ccn3)[C@@H]2C1. The topological polar surface area (TPSA) is 74.3 Å². The van der Waals surface area contributed by atoms with Crippen molar-refractivity contribution in [3.63, 3.8) is 0 Å². The molecule has 2 amide bonds. The van der Waals surface area contributed by atoms with Crippen molar-refractivity contribution in [2.45, 2.75) is 38.5 Å². The molecule has 0 radical (unpaired) electrons. The molecule has 9 heteroatoms. The van der Waals surface area contributed by atoms with E-state index in [-0.39, 0.29) is 35.5 Å². The molecular weight excluding hydrogens is 361 g/mol. The third-order valence-corrected chi connectivity index (χ3v) is 5.32. The Hall–Kier alpha value is -2.16. The lowest BCUT2D eigenvalue weighted by atomic mass is 10.2. The van der Waals surface area contributed by atoms with Gasteiger partial charge in [-0.1, -0.05) is 6.92 Å². The van der Waals surface area contributed by atoms with Crippen LogP contribution in [0.3, 0.4) is 0 Å². The van der Waals surface area contributed by atoms with Crippen LogP contribution < -0.4 is 10.6 Å². The number of amides is 2. The number of nitrogens with zero attached hydrogens (tertiary/aromatic N) is 2. The average molecular weight is 384 g/mol. The molecule has 1 aliphatic carbocycles. The molecule has 0 bridgehead atoms. The van der Waals surface area contributed by atoms with Crippen molar-refractivity contribution in [2.24, 2.45) is 11.8 Å². The van der Waals surface area contributed by atoms with E-state index >= 15 is 0 Å². The Morgan fingerprint density at radius 3 is 2.59 bits per heavy atom. The number of alkyl halides is 3. The number of carbonyl (C=O) groups excluding carboxylic acids is 2. The summed E-state index contributed by atoms with van der Waals surface area (Å²) in [5.74, 6) is -0.157. The second-order valence-corrected chi connectivity index (χ2v) is 7.18. The zero-order valence-electron chi connectivity index (χ0n) is 15.2. The maximum atomic E-state index is 12.8. The molecule has 2 fully saturated rings. The van der Waals surface area contributed by atoms with Crippen LogP contribution in [0.5, 0.6) is 0 Å². The minimum Gasteiger partial charge on any atom is -0.355 e. The lowest BCUT2D eigenvalue weighted by Crippen LogP contribution is -2.46. The predicted octanol–water partition coefficient (Wildman–Crippen LogP) is 1.68. The molecule has 6 nitrogen and oxygen atoms in total. The smallest absolute Gasteiger partial charge is 0.355 e. The van der Waals surface area contributed by atoms with Gasteiger partial charge in [0, 0.05) is 31.9 Å². The standard InChI is InChI=1S/C18H23F3N4O2/c1-3-5-23-16(26)10(2)25-8-12-13(9-25)15(12)24-17(27)14-7-11(4-6-22-14)18(19,20)21/h4,6-7,10,12-13,15H,3,5,8-9H2,1-2H3,(H,23,26)(H,24,27)/t10?,12-,13+,15?. The summed E-state index contributed by atoms with van der Waals surface area (Å²) in [6.07, 6.45) is -2.64. The Labute approximate surface area is 155 Å². The number of aromatic nitrogens is 1. The summed E-state index contributed by atoms with van der Waals surface area (Å²) in [5, 5.41) is 5.65. The van der Waals surface area contributed by atoms with E-state index in [0.717, 1.165) is 24.8 Å². The molecular formula is C18H23F3N4O2. The van der Waals surface area contributed by atoms with Crippen LogP contribution in [0.1, 0.15) is 36.3 Å². The van der Waals surface area contributed by atoms with Gasteiger partial charge in [-0.25, -0.2) is 0 Å². The number of pyridine rings is 1. The number of hydrogen-bond acceptors (Lipinski definition) is 4. The van der Waals surface area contributed by atoms with Crippen LogP contribution in [0, 0.1) is 11.8 Å². The zero-order valence-corrected chi connectivity index (χ0v) is 15.2. The lowest BCUT2D eigenvalue weighted by Gasteiger charge is -2.26. The van der Waals surface area contributed by atoms with Crippen molar-refractivity contribution < 1.29 is 22.8 Å². The molecule has 1 aromatic rings. The third-order valence-electron chi connectivity index (χ3n) is 5.32. The fourth-order valence-corrected chi connectivity index (χ4v) is 3.61. The van der Waals surface area contributed by atoms with Crippen molar-refractivity contribution in [3.05, 3.63) is 29.6 Å². The summed E-state index contributed by atoms with van der Waals surface area (Å²) in [4.78, 5) is 30.1. The van der Waals surface area contributed by atoms with E-state index in [4.69, 9.17) is 0 Å². The Bertz CT molecular complexity index is 713. The number of nitrogens with one attached hydrogen (secondary N) is 2. The van der Waals surface area contributed by atoms with E-state index in [9.17, 15) is 22.8 Å². The Morgan fingerprint density at radius 1 is 1.33 bits per heavy atom. The molecule has 2 aliphatic rings. The highest BCUT2D eigenvalue weighted by Crippen LogP contribution is 2.46. The first-order valence-electron chi connectivity index (χ1n) is 9.08. The Kier molecular flexibility index (Phi) is 5.41. The van der Waals surface area contributed by atoms with Gasteiger partial charge >= 0.3 is 6.18 Å². The van der Waals surface area contributed by atoms with E-state index in [1.54, 1.807) is 0 Å². The van der Waals surface area contributed by atoms with Crippen LogP contribution >= 0.6 is 0 Å².